The van der Waals surface area contributed by atoms with E-state index >= 15 is 0 Å². The average Bonchev–Trinajstić information content (AvgIpc) is 2.78. The van der Waals surface area contributed by atoms with Crippen LogP contribution in [0.15, 0.2) is 24.3 Å². The van der Waals surface area contributed by atoms with Crippen molar-refractivity contribution in [1.82, 2.24) is 9.80 Å². The van der Waals surface area contributed by atoms with E-state index in [0.29, 0.717) is 23.2 Å². The van der Waals surface area contributed by atoms with E-state index in [-0.39, 0.29) is 18.4 Å². The van der Waals surface area contributed by atoms with Crippen molar-refractivity contribution in [3.05, 3.63) is 34.9 Å². The molecule has 0 bridgehead atoms. The van der Waals surface area contributed by atoms with Crippen molar-refractivity contribution in [1.29, 1.82) is 0 Å². The lowest BCUT2D eigenvalue weighted by molar-refractivity contribution is -0.137. The van der Waals surface area contributed by atoms with E-state index in [2.05, 4.69) is 0 Å². The van der Waals surface area contributed by atoms with Crippen LogP contribution in [0.5, 0.6) is 0 Å². The first-order valence-corrected chi connectivity index (χ1v) is 7.43. The van der Waals surface area contributed by atoms with Gasteiger partial charge in [-0.05, 0) is 17.7 Å². The maximum atomic E-state index is 12.0. The summed E-state index contributed by atoms with van der Waals surface area (Å²) in [4.78, 5) is 26.7. The Morgan fingerprint density at radius 3 is 2.68 bits per heavy atom. The van der Waals surface area contributed by atoms with Crippen LogP contribution in [0.4, 0.5) is 0 Å². The Kier molecular flexibility index (Phi) is 4.71. The SMILES string of the molecule is CN(Cc1ccc(Cl)cc1)C(=O)CN1CSCC1=O. The molecular weight excluding hydrogens is 284 g/mol. The fourth-order valence-corrected chi connectivity index (χ4v) is 2.81. The number of halogens is 1. The lowest BCUT2D eigenvalue weighted by Gasteiger charge is -2.21. The number of amides is 2. The van der Waals surface area contributed by atoms with Gasteiger partial charge in [-0.1, -0.05) is 23.7 Å². The lowest BCUT2D eigenvalue weighted by Crippen LogP contribution is -2.38. The van der Waals surface area contributed by atoms with Gasteiger partial charge in [-0.3, -0.25) is 9.59 Å². The van der Waals surface area contributed by atoms with Crippen molar-refractivity contribution < 1.29 is 9.59 Å². The summed E-state index contributed by atoms with van der Waals surface area (Å²) < 4.78 is 0. The first kappa shape index (κ1) is 14.2. The second kappa shape index (κ2) is 6.30. The van der Waals surface area contributed by atoms with E-state index in [1.54, 1.807) is 40.7 Å². The minimum absolute atomic E-state index is 0.0400. The average molecular weight is 299 g/mol. The van der Waals surface area contributed by atoms with Crippen LogP contribution in [0.2, 0.25) is 5.02 Å². The van der Waals surface area contributed by atoms with Crippen LogP contribution in [0.1, 0.15) is 5.56 Å². The highest BCUT2D eigenvalue weighted by atomic mass is 35.5. The molecule has 1 fully saturated rings. The van der Waals surface area contributed by atoms with Gasteiger partial charge < -0.3 is 9.80 Å². The quantitative estimate of drug-likeness (QED) is 0.851. The summed E-state index contributed by atoms with van der Waals surface area (Å²) in [5, 5.41) is 0.678. The second-order valence-corrected chi connectivity index (χ2v) is 5.84. The first-order chi connectivity index (χ1) is 9.06. The largest absolute Gasteiger partial charge is 0.340 e. The summed E-state index contributed by atoms with van der Waals surface area (Å²) >= 11 is 7.35. The van der Waals surface area contributed by atoms with Crippen LogP contribution in [0.3, 0.4) is 0 Å². The van der Waals surface area contributed by atoms with Crippen molar-refractivity contribution in [2.45, 2.75) is 6.54 Å². The maximum Gasteiger partial charge on any atom is 0.242 e. The van der Waals surface area contributed by atoms with Crippen LogP contribution in [-0.4, -0.2) is 46.8 Å². The summed E-state index contributed by atoms with van der Waals surface area (Å²) in [7, 11) is 1.74. The number of carbonyl (C=O) groups is 2. The Hall–Kier alpha value is -1.20. The third-order valence-electron chi connectivity index (χ3n) is 2.91. The molecule has 19 heavy (non-hydrogen) atoms. The van der Waals surface area contributed by atoms with Crippen molar-refractivity contribution >= 4 is 35.2 Å². The highest BCUT2D eigenvalue weighted by Gasteiger charge is 2.24. The molecule has 0 aromatic heterocycles. The van der Waals surface area contributed by atoms with Crippen LogP contribution < -0.4 is 0 Å². The Labute approximate surface area is 121 Å². The van der Waals surface area contributed by atoms with Gasteiger partial charge in [-0.15, -0.1) is 11.8 Å². The van der Waals surface area contributed by atoms with Gasteiger partial charge in [-0.25, -0.2) is 0 Å². The zero-order valence-electron chi connectivity index (χ0n) is 10.6. The van der Waals surface area contributed by atoms with Gasteiger partial charge in [-0.2, -0.15) is 0 Å². The number of hydrogen-bond acceptors (Lipinski definition) is 3. The van der Waals surface area contributed by atoms with Gasteiger partial charge >= 0.3 is 0 Å². The first-order valence-electron chi connectivity index (χ1n) is 5.90. The third-order valence-corrected chi connectivity index (χ3v) is 4.11. The van der Waals surface area contributed by atoms with Crippen LogP contribution in [0, 0.1) is 0 Å². The fourth-order valence-electron chi connectivity index (χ4n) is 1.78. The Bertz CT molecular complexity index is 478. The summed E-state index contributed by atoms with van der Waals surface area (Å²) in [6.45, 7) is 0.682. The minimum Gasteiger partial charge on any atom is -0.340 e. The highest BCUT2D eigenvalue weighted by Crippen LogP contribution is 2.15. The molecule has 0 aliphatic carbocycles. The van der Waals surface area contributed by atoms with Crippen molar-refractivity contribution in [2.75, 3.05) is 25.2 Å². The molecule has 0 radical (unpaired) electrons. The van der Waals surface area contributed by atoms with Gasteiger partial charge in [0.25, 0.3) is 0 Å². The van der Waals surface area contributed by atoms with E-state index in [1.165, 1.54) is 0 Å². The molecular formula is C13H15ClN2O2S. The van der Waals surface area contributed by atoms with Crippen molar-refractivity contribution in [3.8, 4) is 0 Å². The van der Waals surface area contributed by atoms with Gasteiger partial charge in [0, 0.05) is 18.6 Å². The molecule has 4 nitrogen and oxygen atoms in total. The van der Waals surface area contributed by atoms with Crippen molar-refractivity contribution in [2.24, 2.45) is 0 Å². The standard InChI is InChI=1S/C13H15ClN2O2S/c1-15(6-10-2-4-11(14)5-3-10)12(17)7-16-9-19-8-13(16)18/h2-5H,6-9H2,1H3. The predicted molar refractivity (Wildman–Crippen MR) is 77.0 cm³/mol. The molecule has 0 spiro atoms. The summed E-state index contributed by atoms with van der Waals surface area (Å²) in [5.41, 5.74) is 1.02. The summed E-state index contributed by atoms with van der Waals surface area (Å²) in [5.74, 6) is 1.08. The zero-order chi connectivity index (χ0) is 13.8. The third kappa shape index (κ3) is 3.88. The Morgan fingerprint density at radius 2 is 2.11 bits per heavy atom. The normalized spacial score (nSPS) is 14.8. The number of thioether (sulfide) groups is 1. The summed E-state index contributed by atoms with van der Waals surface area (Å²) in [6.07, 6.45) is 0. The molecule has 0 atom stereocenters. The van der Waals surface area contributed by atoms with Gasteiger partial charge in [0.1, 0.15) is 6.54 Å². The Morgan fingerprint density at radius 1 is 1.42 bits per heavy atom. The van der Waals surface area contributed by atoms with Gasteiger partial charge in [0.15, 0.2) is 0 Å². The van der Waals surface area contributed by atoms with Gasteiger partial charge in [0.2, 0.25) is 11.8 Å². The molecule has 0 saturated carbocycles. The van der Waals surface area contributed by atoms with Crippen LogP contribution in [-0.2, 0) is 16.1 Å². The molecule has 1 aromatic carbocycles. The highest BCUT2D eigenvalue weighted by molar-refractivity contribution is 8.00. The van der Waals surface area contributed by atoms with Crippen LogP contribution in [0.25, 0.3) is 0 Å². The molecule has 1 aromatic rings. The molecule has 102 valence electrons. The molecule has 0 N–H and O–H groups in total. The maximum absolute atomic E-state index is 12.0. The lowest BCUT2D eigenvalue weighted by atomic mass is 10.2. The minimum atomic E-state index is -0.0502. The van der Waals surface area contributed by atoms with E-state index in [4.69, 9.17) is 11.6 Å². The zero-order valence-corrected chi connectivity index (χ0v) is 12.2. The van der Waals surface area contributed by atoms with E-state index in [1.807, 2.05) is 12.1 Å². The fraction of sp³-hybridized carbons (Fsp3) is 0.385. The molecule has 1 aliphatic rings. The molecule has 6 heteroatoms. The van der Waals surface area contributed by atoms with E-state index in [9.17, 15) is 9.59 Å². The number of likely N-dealkylation sites (N-methyl/N-ethyl adjacent to an activating group) is 1. The molecule has 1 heterocycles. The number of benzene rings is 1. The Balaban J connectivity index is 1.88. The van der Waals surface area contributed by atoms with Gasteiger partial charge in [0.05, 0.1) is 11.6 Å². The molecule has 1 aliphatic heterocycles. The second-order valence-electron chi connectivity index (χ2n) is 4.45. The number of nitrogens with zero attached hydrogens (tertiary/aromatic N) is 2. The number of hydrogen-bond donors (Lipinski definition) is 0. The number of rotatable bonds is 4. The topological polar surface area (TPSA) is 40.6 Å². The summed E-state index contributed by atoms with van der Waals surface area (Å²) in [6, 6.07) is 7.39. The molecule has 2 rings (SSSR count). The monoisotopic (exact) mass is 298 g/mol. The van der Waals surface area contributed by atoms with E-state index < -0.39 is 0 Å². The molecule has 0 unspecified atom stereocenters. The van der Waals surface area contributed by atoms with E-state index in [0.717, 1.165) is 5.56 Å². The smallest absolute Gasteiger partial charge is 0.242 e. The predicted octanol–water partition coefficient (Wildman–Crippen LogP) is 1.83. The van der Waals surface area contributed by atoms with Crippen molar-refractivity contribution in [3.63, 3.8) is 0 Å². The molecule has 1 saturated heterocycles. The number of carbonyl (C=O) groups excluding carboxylic acids is 2. The molecule has 2 amide bonds. The van der Waals surface area contributed by atoms with Crippen LogP contribution >= 0.6 is 23.4 Å².